The Morgan fingerprint density at radius 2 is 2.33 bits per heavy atom. The van der Waals surface area contributed by atoms with Gasteiger partial charge in [0.25, 0.3) is 0 Å². The molecule has 0 saturated carbocycles. The minimum absolute atomic E-state index is 0.523. The van der Waals surface area contributed by atoms with E-state index in [9.17, 15) is 0 Å². The van der Waals surface area contributed by atoms with Gasteiger partial charge in [0.15, 0.2) is 5.95 Å². The fourth-order valence-corrected chi connectivity index (χ4v) is 1.20. The molecule has 1 aromatic rings. The molecule has 0 amide bonds. The maximum Gasteiger partial charge on any atom is 0.197 e. The van der Waals surface area contributed by atoms with Crippen molar-refractivity contribution in [3.05, 3.63) is 11.9 Å². The molecule has 0 aromatic carbocycles. The highest BCUT2D eigenvalue weighted by Gasteiger charge is 1.98. The number of hydrogen-bond acceptors (Lipinski definition) is 2. The van der Waals surface area contributed by atoms with E-state index < -0.39 is 0 Å². The van der Waals surface area contributed by atoms with Crippen LogP contribution in [0.25, 0.3) is 0 Å². The van der Waals surface area contributed by atoms with E-state index in [1.54, 1.807) is 0 Å². The number of nitrogens with one attached hydrogen (secondary N) is 1. The normalized spacial score (nSPS) is 10.9. The third-order valence-corrected chi connectivity index (χ3v) is 1.88. The summed E-state index contributed by atoms with van der Waals surface area (Å²) < 4.78 is 0. The summed E-state index contributed by atoms with van der Waals surface area (Å²) >= 11 is 0. The van der Waals surface area contributed by atoms with E-state index in [-0.39, 0.29) is 0 Å². The average molecular weight is 167 g/mol. The SMILES string of the molecule is CC(C)CCCc1cnc(N)[nH]1. The zero-order valence-corrected chi connectivity index (χ0v) is 7.80. The minimum atomic E-state index is 0.523. The third-order valence-electron chi connectivity index (χ3n) is 1.88. The largest absolute Gasteiger partial charge is 0.369 e. The van der Waals surface area contributed by atoms with Gasteiger partial charge in [0.05, 0.1) is 6.20 Å². The summed E-state index contributed by atoms with van der Waals surface area (Å²) in [5.74, 6) is 1.31. The van der Waals surface area contributed by atoms with Crippen LogP contribution in [0.15, 0.2) is 6.20 Å². The quantitative estimate of drug-likeness (QED) is 0.720. The Kier molecular flexibility index (Phi) is 3.14. The molecule has 3 N–H and O–H groups in total. The van der Waals surface area contributed by atoms with Crippen LogP contribution in [0.5, 0.6) is 0 Å². The van der Waals surface area contributed by atoms with Crippen molar-refractivity contribution in [1.82, 2.24) is 9.97 Å². The van der Waals surface area contributed by atoms with E-state index in [4.69, 9.17) is 5.73 Å². The lowest BCUT2D eigenvalue weighted by Gasteiger charge is -2.01. The maximum absolute atomic E-state index is 5.44. The summed E-state index contributed by atoms with van der Waals surface area (Å²) in [5.41, 5.74) is 6.59. The molecule has 1 rings (SSSR count). The Morgan fingerprint density at radius 3 is 2.83 bits per heavy atom. The molecule has 0 aliphatic rings. The molecule has 0 saturated heterocycles. The standard InChI is InChI=1S/C9H17N3/c1-7(2)4-3-5-8-6-11-9(10)12-8/h6-7H,3-5H2,1-2H3,(H3,10,11,12). The van der Waals surface area contributed by atoms with Gasteiger partial charge in [-0.3, -0.25) is 0 Å². The van der Waals surface area contributed by atoms with Crippen LogP contribution < -0.4 is 5.73 Å². The van der Waals surface area contributed by atoms with Crippen LogP contribution in [0.4, 0.5) is 5.95 Å². The van der Waals surface area contributed by atoms with Crippen molar-refractivity contribution in [3.63, 3.8) is 0 Å². The molecule has 1 heterocycles. The summed E-state index contributed by atoms with van der Waals surface area (Å²) in [5, 5.41) is 0. The number of H-pyrrole nitrogens is 1. The smallest absolute Gasteiger partial charge is 0.197 e. The second kappa shape index (κ2) is 4.14. The zero-order chi connectivity index (χ0) is 8.97. The highest BCUT2D eigenvalue weighted by molar-refractivity contribution is 5.18. The maximum atomic E-state index is 5.44. The van der Waals surface area contributed by atoms with Gasteiger partial charge in [-0.2, -0.15) is 0 Å². The van der Waals surface area contributed by atoms with Gasteiger partial charge in [0.1, 0.15) is 0 Å². The van der Waals surface area contributed by atoms with Gasteiger partial charge in [-0.1, -0.05) is 20.3 Å². The average Bonchev–Trinajstić information content (AvgIpc) is 2.35. The van der Waals surface area contributed by atoms with Gasteiger partial charge < -0.3 is 10.7 Å². The van der Waals surface area contributed by atoms with Crippen LogP contribution >= 0.6 is 0 Å². The Morgan fingerprint density at radius 1 is 1.58 bits per heavy atom. The monoisotopic (exact) mass is 167 g/mol. The van der Waals surface area contributed by atoms with Gasteiger partial charge in [-0.25, -0.2) is 4.98 Å². The molecule has 0 spiro atoms. The van der Waals surface area contributed by atoms with Gasteiger partial charge in [0, 0.05) is 5.69 Å². The molecular weight excluding hydrogens is 150 g/mol. The van der Waals surface area contributed by atoms with Crippen LogP contribution in [-0.2, 0) is 6.42 Å². The fraction of sp³-hybridized carbons (Fsp3) is 0.667. The van der Waals surface area contributed by atoms with Gasteiger partial charge >= 0.3 is 0 Å². The van der Waals surface area contributed by atoms with Gasteiger partial charge in [0.2, 0.25) is 0 Å². The number of nitrogen functional groups attached to an aromatic ring is 1. The number of aromatic nitrogens is 2. The molecular formula is C9H17N3. The first-order valence-electron chi connectivity index (χ1n) is 4.48. The van der Waals surface area contributed by atoms with E-state index >= 15 is 0 Å². The first-order valence-corrected chi connectivity index (χ1v) is 4.48. The molecule has 68 valence electrons. The lowest BCUT2D eigenvalue weighted by molar-refractivity contribution is 0.553. The first-order chi connectivity index (χ1) is 5.68. The van der Waals surface area contributed by atoms with E-state index in [0.29, 0.717) is 5.95 Å². The van der Waals surface area contributed by atoms with Crippen molar-refractivity contribution in [3.8, 4) is 0 Å². The number of aryl methyl sites for hydroxylation is 1. The second-order valence-corrected chi connectivity index (χ2v) is 3.58. The van der Waals surface area contributed by atoms with E-state index in [1.165, 1.54) is 12.8 Å². The lowest BCUT2D eigenvalue weighted by atomic mass is 10.1. The molecule has 0 bridgehead atoms. The van der Waals surface area contributed by atoms with Crippen molar-refractivity contribution < 1.29 is 0 Å². The number of anilines is 1. The van der Waals surface area contributed by atoms with Crippen molar-refractivity contribution >= 4 is 5.95 Å². The number of aromatic amines is 1. The summed E-state index contributed by atoms with van der Waals surface area (Å²) in [6.45, 7) is 4.47. The van der Waals surface area contributed by atoms with Gasteiger partial charge in [-0.15, -0.1) is 0 Å². The van der Waals surface area contributed by atoms with E-state index in [0.717, 1.165) is 18.0 Å². The Balaban J connectivity index is 2.24. The van der Waals surface area contributed by atoms with E-state index in [1.807, 2.05) is 6.20 Å². The predicted octanol–water partition coefficient (Wildman–Crippen LogP) is 1.97. The van der Waals surface area contributed by atoms with Crippen LogP contribution in [0.3, 0.4) is 0 Å². The Bertz CT molecular complexity index is 227. The topological polar surface area (TPSA) is 54.7 Å². The minimum Gasteiger partial charge on any atom is -0.369 e. The Hall–Kier alpha value is -0.990. The Labute approximate surface area is 73.4 Å². The lowest BCUT2D eigenvalue weighted by Crippen LogP contribution is -1.91. The van der Waals surface area contributed by atoms with Crippen LogP contribution in [-0.4, -0.2) is 9.97 Å². The number of imidazole rings is 1. The summed E-state index contributed by atoms with van der Waals surface area (Å²) in [4.78, 5) is 6.95. The number of rotatable bonds is 4. The summed E-state index contributed by atoms with van der Waals surface area (Å²) in [6, 6.07) is 0. The van der Waals surface area contributed by atoms with Crippen LogP contribution in [0.2, 0.25) is 0 Å². The molecule has 0 aliphatic heterocycles. The van der Waals surface area contributed by atoms with Crippen molar-refractivity contribution in [2.75, 3.05) is 5.73 Å². The third kappa shape index (κ3) is 2.95. The predicted molar refractivity (Wildman–Crippen MR) is 50.8 cm³/mol. The summed E-state index contributed by atoms with van der Waals surface area (Å²) in [7, 11) is 0. The van der Waals surface area contributed by atoms with E-state index in [2.05, 4.69) is 23.8 Å². The number of nitrogens with two attached hydrogens (primary N) is 1. The molecule has 3 nitrogen and oxygen atoms in total. The molecule has 12 heavy (non-hydrogen) atoms. The van der Waals surface area contributed by atoms with Crippen molar-refractivity contribution in [2.45, 2.75) is 33.1 Å². The molecule has 1 aromatic heterocycles. The molecule has 0 radical (unpaired) electrons. The molecule has 0 unspecified atom stereocenters. The highest BCUT2D eigenvalue weighted by Crippen LogP contribution is 2.08. The van der Waals surface area contributed by atoms with Gasteiger partial charge in [-0.05, 0) is 18.8 Å². The van der Waals surface area contributed by atoms with Crippen molar-refractivity contribution in [1.29, 1.82) is 0 Å². The number of hydrogen-bond donors (Lipinski definition) is 2. The first kappa shape index (κ1) is 9.10. The molecule has 3 heteroatoms. The molecule has 0 atom stereocenters. The molecule has 0 aliphatic carbocycles. The second-order valence-electron chi connectivity index (χ2n) is 3.58. The van der Waals surface area contributed by atoms with Crippen LogP contribution in [0.1, 0.15) is 32.4 Å². The van der Waals surface area contributed by atoms with Crippen molar-refractivity contribution in [2.24, 2.45) is 5.92 Å². The highest BCUT2D eigenvalue weighted by atomic mass is 15.0. The number of nitrogens with zero attached hydrogens (tertiary/aromatic N) is 1. The fourth-order valence-electron chi connectivity index (χ4n) is 1.20. The molecule has 0 fully saturated rings. The summed E-state index contributed by atoms with van der Waals surface area (Å²) in [6.07, 6.45) is 5.34. The zero-order valence-electron chi connectivity index (χ0n) is 7.80. The van der Waals surface area contributed by atoms with Crippen LogP contribution in [0, 0.1) is 5.92 Å².